The van der Waals surface area contributed by atoms with Crippen molar-refractivity contribution in [3.8, 4) is 0 Å². The molecule has 4 aliphatic rings. The third kappa shape index (κ3) is 0.962. The fourth-order valence-electron chi connectivity index (χ4n) is 4.21. The van der Waals surface area contributed by atoms with Gasteiger partial charge in [-0.05, 0) is 44.1 Å². The zero-order chi connectivity index (χ0) is 9.00. The highest BCUT2D eigenvalue weighted by molar-refractivity contribution is 5.06. The third-order valence-electron chi connectivity index (χ3n) is 4.63. The van der Waals surface area contributed by atoms with Gasteiger partial charge in [-0.1, -0.05) is 0 Å². The molecule has 2 heteroatoms. The van der Waals surface area contributed by atoms with Crippen LogP contribution in [0.4, 0.5) is 0 Å². The maximum Gasteiger partial charge on any atom is 0.0757 e. The summed E-state index contributed by atoms with van der Waals surface area (Å²) in [6, 6.07) is 0.752. The minimum atomic E-state index is 0.544. The second kappa shape index (κ2) is 2.71. The van der Waals surface area contributed by atoms with E-state index in [1.807, 2.05) is 7.11 Å². The normalized spacial score (nSPS) is 54.5. The van der Waals surface area contributed by atoms with Crippen LogP contribution in [0.3, 0.4) is 0 Å². The first-order chi connectivity index (χ1) is 6.31. The van der Waals surface area contributed by atoms with E-state index in [0.29, 0.717) is 6.10 Å². The van der Waals surface area contributed by atoms with Crippen molar-refractivity contribution in [3.63, 3.8) is 0 Å². The molecule has 0 aromatic carbocycles. The van der Waals surface area contributed by atoms with Crippen molar-refractivity contribution in [1.82, 2.24) is 4.90 Å². The average Bonchev–Trinajstić information content (AvgIpc) is 2.41. The molecule has 0 aromatic heterocycles. The number of methoxy groups -OCH3 is 1. The van der Waals surface area contributed by atoms with Gasteiger partial charge in [0.1, 0.15) is 0 Å². The van der Waals surface area contributed by atoms with E-state index in [4.69, 9.17) is 4.74 Å². The predicted octanol–water partition coefficient (Wildman–Crippen LogP) is 1.36. The highest BCUT2D eigenvalue weighted by Crippen LogP contribution is 2.51. The molecule has 0 N–H and O–H groups in total. The molecule has 4 rings (SSSR count). The first-order valence-corrected chi connectivity index (χ1v) is 5.54. The lowest BCUT2D eigenvalue weighted by Gasteiger charge is -2.47. The summed E-state index contributed by atoms with van der Waals surface area (Å²) in [5, 5.41) is 0. The smallest absolute Gasteiger partial charge is 0.0757 e. The summed E-state index contributed by atoms with van der Waals surface area (Å²) < 4.78 is 5.68. The molecule has 4 bridgehead atoms. The van der Waals surface area contributed by atoms with Gasteiger partial charge in [0.25, 0.3) is 0 Å². The summed E-state index contributed by atoms with van der Waals surface area (Å²) >= 11 is 0. The van der Waals surface area contributed by atoms with Crippen molar-refractivity contribution in [2.45, 2.75) is 31.4 Å². The Morgan fingerprint density at radius 3 is 2.85 bits per heavy atom. The summed E-state index contributed by atoms with van der Waals surface area (Å²) in [6.45, 7) is 1.33. The monoisotopic (exact) mass is 181 g/mol. The minimum absolute atomic E-state index is 0.544. The SMILES string of the molecule is COC1C2CCC3C(C2)CN(C)C31. The van der Waals surface area contributed by atoms with Gasteiger partial charge >= 0.3 is 0 Å². The van der Waals surface area contributed by atoms with Gasteiger partial charge in [-0.2, -0.15) is 0 Å². The van der Waals surface area contributed by atoms with Crippen LogP contribution in [0.25, 0.3) is 0 Å². The highest BCUT2D eigenvalue weighted by atomic mass is 16.5. The number of hydrogen-bond acceptors (Lipinski definition) is 2. The summed E-state index contributed by atoms with van der Waals surface area (Å²) in [5.41, 5.74) is 0. The summed E-state index contributed by atoms with van der Waals surface area (Å²) in [4.78, 5) is 2.54. The standard InChI is InChI=1S/C11H19NO/c1-12-6-8-5-7-3-4-9(8)10(12)11(7)13-2/h7-11H,3-6H2,1-2H3. The lowest BCUT2D eigenvalue weighted by atomic mass is 9.63. The van der Waals surface area contributed by atoms with Gasteiger partial charge in [-0.3, -0.25) is 0 Å². The van der Waals surface area contributed by atoms with Crippen LogP contribution in [0.2, 0.25) is 0 Å². The first-order valence-electron chi connectivity index (χ1n) is 5.54. The van der Waals surface area contributed by atoms with E-state index in [2.05, 4.69) is 11.9 Å². The molecule has 2 nitrogen and oxygen atoms in total. The molecule has 0 aromatic rings. The third-order valence-corrected chi connectivity index (χ3v) is 4.63. The van der Waals surface area contributed by atoms with Crippen LogP contribution < -0.4 is 0 Å². The van der Waals surface area contributed by atoms with Crippen LogP contribution in [0.1, 0.15) is 19.3 Å². The number of likely N-dealkylation sites (N-methyl/N-ethyl adjacent to an activating group) is 1. The van der Waals surface area contributed by atoms with Gasteiger partial charge in [-0.15, -0.1) is 0 Å². The summed E-state index contributed by atoms with van der Waals surface area (Å²) in [7, 11) is 4.17. The largest absolute Gasteiger partial charge is 0.380 e. The topological polar surface area (TPSA) is 12.5 Å². The van der Waals surface area contributed by atoms with E-state index in [-0.39, 0.29) is 0 Å². The Morgan fingerprint density at radius 2 is 2.08 bits per heavy atom. The molecule has 0 spiro atoms. The van der Waals surface area contributed by atoms with Gasteiger partial charge in [0.2, 0.25) is 0 Å². The Balaban J connectivity index is 1.93. The molecule has 5 unspecified atom stereocenters. The second-order valence-corrected chi connectivity index (χ2v) is 5.13. The van der Waals surface area contributed by atoms with E-state index < -0.39 is 0 Å². The maximum absolute atomic E-state index is 5.68. The Bertz CT molecular complexity index is 218. The molecule has 1 heterocycles. The molecule has 3 aliphatic carbocycles. The van der Waals surface area contributed by atoms with Crippen molar-refractivity contribution in [2.75, 3.05) is 20.7 Å². The molecular weight excluding hydrogens is 162 g/mol. The lowest BCUT2D eigenvalue weighted by Crippen LogP contribution is -2.52. The molecule has 4 fully saturated rings. The van der Waals surface area contributed by atoms with Gasteiger partial charge < -0.3 is 9.64 Å². The molecule has 0 amide bonds. The van der Waals surface area contributed by atoms with Crippen molar-refractivity contribution in [2.24, 2.45) is 17.8 Å². The molecule has 0 radical (unpaired) electrons. The fourth-order valence-corrected chi connectivity index (χ4v) is 4.21. The number of fused-ring (bicyclic) bond motifs is 1. The quantitative estimate of drug-likeness (QED) is 0.605. The van der Waals surface area contributed by atoms with Crippen LogP contribution in [0, 0.1) is 17.8 Å². The maximum atomic E-state index is 5.68. The van der Waals surface area contributed by atoms with Crippen LogP contribution in [0.5, 0.6) is 0 Å². The van der Waals surface area contributed by atoms with E-state index in [9.17, 15) is 0 Å². The minimum Gasteiger partial charge on any atom is -0.380 e. The van der Waals surface area contributed by atoms with Crippen molar-refractivity contribution in [1.29, 1.82) is 0 Å². The van der Waals surface area contributed by atoms with Crippen molar-refractivity contribution >= 4 is 0 Å². The Kier molecular flexibility index (Phi) is 1.72. The number of ether oxygens (including phenoxy) is 1. The molecule has 13 heavy (non-hydrogen) atoms. The Hall–Kier alpha value is -0.0800. The van der Waals surface area contributed by atoms with Crippen LogP contribution >= 0.6 is 0 Å². The zero-order valence-electron chi connectivity index (χ0n) is 8.57. The predicted molar refractivity (Wildman–Crippen MR) is 51.5 cm³/mol. The van der Waals surface area contributed by atoms with Gasteiger partial charge in [0, 0.05) is 19.7 Å². The molecular formula is C11H19NO. The fraction of sp³-hybridized carbons (Fsp3) is 1.00. The molecule has 1 saturated heterocycles. The Labute approximate surface area is 80.2 Å². The summed E-state index contributed by atoms with van der Waals surface area (Å²) in [6.07, 6.45) is 4.86. The molecule has 1 aliphatic heterocycles. The molecule has 5 atom stereocenters. The van der Waals surface area contributed by atoms with E-state index >= 15 is 0 Å². The van der Waals surface area contributed by atoms with Crippen molar-refractivity contribution < 1.29 is 4.74 Å². The van der Waals surface area contributed by atoms with Crippen LogP contribution in [-0.2, 0) is 4.74 Å². The molecule has 3 saturated carbocycles. The second-order valence-electron chi connectivity index (χ2n) is 5.13. The summed E-state index contributed by atoms with van der Waals surface area (Å²) in [5.74, 6) is 2.83. The number of rotatable bonds is 1. The average molecular weight is 181 g/mol. The number of hydrogen-bond donors (Lipinski definition) is 0. The Morgan fingerprint density at radius 1 is 1.23 bits per heavy atom. The van der Waals surface area contributed by atoms with Crippen LogP contribution in [-0.4, -0.2) is 37.7 Å². The molecule has 74 valence electrons. The zero-order valence-corrected chi connectivity index (χ0v) is 8.57. The number of nitrogens with zero attached hydrogens (tertiary/aromatic N) is 1. The van der Waals surface area contributed by atoms with Crippen molar-refractivity contribution in [3.05, 3.63) is 0 Å². The van der Waals surface area contributed by atoms with E-state index in [1.54, 1.807) is 0 Å². The first kappa shape index (κ1) is 8.25. The van der Waals surface area contributed by atoms with E-state index in [0.717, 1.165) is 23.8 Å². The van der Waals surface area contributed by atoms with Crippen LogP contribution in [0.15, 0.2) is 0 Å². The van der Waals surface area contributed by atoms with Gasteiger partial charge in [0.05, 0.1) is 6.10 Å². The van der Waals surface area contributed by atoms with Gasteiger partial charge in [0.15, 0.2) is 0 Å². The van der Waals surface area contributed by atoms with E-state index in [1.165, 1.54) is 25.8 Å². The number of likely N-dealkylation sites (tertiary alicyclic amines) is 1. The highest BCUT2D eigenvalue weighted by Gasteiger charge is 2.54. The van der Waals surface area contributed by atoms with Gasteiger partial charge in [-0.25, -0.2) is 0 Å². The lowest BCUT2D eigenvalue weighted by molar-refractivity contribution is -0.0704.